The molecule has 4 nitrogen and oxygen atoms in total. The number of rotatable bonds is 4. The molecule has 104 valence electrons. The van der Waals surface area contributed by atoms with E-state index in [1.165, 1.54) is 0 Å². The molecule has 0 saturated carbocycles. The molecule has 1 saturated heterocycles. The summed E-state index contributed by atoms with van der Waals surface area (Å²) in [7, 11) is 0. The number of hydrogen-bond acceptors (Lipinski definition) is 3. The van der Waals surface area contributed by atoms with E-state index in [1.807, 2.05) is 0 Å². The third-order valence-electron chi connectivity index (χ3n) is 3.60. The first-order chi connectivity index (χ1) is 9.08. The Morgan fingerprint density at radius 1 is 1.47 bits per heavy atom. The van der Waals surface area contributed by atoms with Gasteiger partial charge in [-0.05, 0) is 50.1 Å². The molecule has 1 aliphatic rings. The van der Waals surface area contributed by atoms with Crippen LogP contribution in [0.1, 0.15) is 13.3 Å². The monoisotopic (exact) mass is 281 g/mol. The van der Waals surface area contributed by atoms with Gasteiger partial charge in [0.15, 0.2) is 0 Å². The van der Waals surface area contributed by atoms with Crippen LogP contribution in [-0.4, -0.2) is 36.5 Å². The van der Waals surface area contributed by atoms with Crippen LogP contribution in [0.3, 0.4) is 0 Å². The minimum atomic E-state index is 0.00634. The third kappa shape index (κ3) is 3.93. The maximum Gasteiger partial charge on any atom is 0.238 e. The summed E-state index contributed by atoms with van der Waals surface area (Å²) in [6.45, 7) is 4.16. The number of amides is 1. The summed E-state index contributed by atoms with van der Waals surface area (Å²) in [5.74, 6) is 0.519. The van der Waals surface area contributed by atoms with E-state index in [0.717, 1.165) is 18.7 Å². The van der Waals surface area contributed by atoms with Crippen molar-refractivity contribution in [2.24, 2.45) is 11.7 Å². The van der Waals surface area contributed by atoms with Crippen molar-refractivity contribution in [3.05, 3.63) is 29.3 Å². The lowest BCUT2D eigenvalue weighted by Gasteiger charge is -2.20. The number of hydrogen-bond donors (Lipinski definition) is 2. The zero-order chi connectivity index (χ0) is 13.8. The second-order valence-electron chi connectivity index (χ2n) is 5.17. The second-order valence-corrected chi connectivity index (χ2v) is 5.61. The highest BCUT2D eigenvalue weighted by Gasteiger charge is 2.29. The molecule has 2 atom stereocenters. The number of benzene rings is 1. The predicted molar refractivity (Wildman–Crippen MR) is 78.3 cm³/mol. The summed E-state index contributed by atoms with van der Waals surface area (Å²) in [6, 6.07) is 7.55. The standard InChI is InChI=1S/C14H20ClN3O/c1-10-6-11(7-16)8-18(10)9-14(19)17-13-4-2-12(15)3-5-13/h2-5,10-11H,6-9,16H2,1H3,(H,17,19). The van der Waals surface area contributed by atoms with Gasteiger partial charge in [-0.15, -0.1) is 0 Å². The maximum atomic E-state index is 12.0. The average molecular weight is 282 g/mol. The van der Waals surface area contributed by atoms with Gasteiger partial charge in [0.2, 0.25) is 5.91 Å². The van der Waals surface area contributed by atoms with Crippen molar-refractivity contribution in [3.8, 4) is 0 Å². The number of anilines is 1. The lowest BCUT2D eigenvalue weighted by molar-refractivity contribution is -0.117. The summed E-state index contributed by atoms with van der Waals surface area (Å²) in [5.41, 5.74) is 6.46. The van der Waals surface area contributed by atoms with E-state index in [1.54, 1.807) is 24.3 Å². The van der Waals surface area contributed by atoms with E-state index >= 15 is 0 Å². The largest absolute Gasteiger partial charge is 0.330 e. The number of carbonyl (C=O) groups is 1. The molecule has 1 amide bonds. The summed E-state index contributed by atoms with van der Waals surface area (Å²) >= 11 is 5.80. The first kappa shape index (κ1) is 14.3. The van der Waals surface area contributed by atoms with E-state index < -0.39 is 0 Å². The van der Waals surface area contributed by atoms with Gasteiger partial charge in [0.05, 0.1) is 6.54 Å². The third-order valence-corrected chi connectivity index (χ3v) is 3.85. The maximum absolute atomic E-state index is 12.0. The summed E-state index contributed by atoms with van der Waals surface area (Å²) in [4.78, 5) is 14.2. The number of halogens is 1. The molecular formula is C14H20ClN3O. The Kier molecular flexibility index (Phi) is 4.80. The van der Waals surface area contributed by atoms with Gasteiger partial charge in [-0.25, -0.2) is 0 Å². The molecule has 2 rings (SSSR count). The highest BCUT2D eigenvalue weighted by Crippen LogP contribution is 2.21. The van der Waals surface area contributed by atoms with Crippen LogP contribution < -0.4 is 11.1 Å². The fourth-order valence-corrected chi connectivity index (χ4v) is 2.65. The molecule has 1 heterocycles. The summed E-state index contributed by atoms with van der Waals surface area (Å²) in [5, 5.41) is 3.54. The van der Waals surface area contributed by atoms with Crippen LogP contribution in [0.15, 0.2) is 24.3 Å². The zero-order valence-electron chi connectivity index (χ0n) is 11.1. The Balaban J connectivity index is 1.86. The number of nitrogens with one attached hydrogen (secondary N) is 1. The molecule has 1 aromatic rings. The smallest absolute Gasteiger partial charge is 0.238 e. The van der Waals surface area contributed by atoms with Crippen LogP contribution in [0.4, 0.5) is 5.69 Å². The van der Waals surface area contributed by atoms with Crippen LogP contribution in [0.5, 0.6) is 0 Å². The Morgan fingerprint density at radius 3 is 2.74 bits per heavy atom. The first-order valence-electron chi connectivity index (χ1n) is 6.58. The minimum Gasteiger partial charge on any atom is -0.330 e. The lowest BCUT2D eigenvalue weighted by atomic mass is 10.1. The fourth-order valence-electron chi connectivity index (χ4n) is 2.53. The van der Waals surface area contributed by atoms with Crippen molar-refractivity contribution >= 4 is 23.2 Å². The molecule has 1 aliphatic heterocycles. The van der Waals surface area contributed by atoms with Crippen molar-refractivity contribution in [2.45, 2.75) is 19.4 Å². The lowest BCUT2D eigenvalue weighted by Crippen LogP contribution is -2.35. The van der Waals surface area contributed by atoms with Crippen LogP contribution in [0.2, 0.25) is 5.02 Å². The molecule has 0 spiro atoms. The molecule has 1 aromatic carbocycles. The van der Waals surface area contributed by atoms with Gasteiger partial charge in [0, 0.05) is 23.3 Å². The summed E-state index contributed by atoms with van der Waals surface area (Å²) in [6.07, 6.45) is 1.07. The van der Waals surface area contributed by atoms with Crippen LogP contribution in [0, 0.1) is 5.92 Å². The van der Waals surface area contributed by atoms with Crippen LogP contribution >= 0.6 is 11.6 Å². The van der Waals surface area contributed by atoms with Crippen LogP contribution in [-0.2, 0) is 4.79 Å². The molecular weight excluding hydrogens is 262 g/mol. The summed E-state index contributed by atoms with van der Waals surface area (Å²) < 4.78 is 0. The van der Waals surface area contributed by atoms with Crippen molar-refractivity contribution in [1.82, 2.24) is 4.90 Å². The molecule has 0 aliphatic carbocycles. The molecule has 19 heavy (non-hydrogen) atoms. The average Bonchev–Trinajstić information content (AvgIpc) is 2.73. The molecule has 2 unspecified atom stereocenters. The number of nitrogens with two attached hydrogens (primary N) is 1. The Hall–Kier alpha value is -1.10. The van der Waals surface area contributed by atoms with Gasteiger partial charge in [-0.2, -0.15) is 0 Å². The Morgan fingerprint density at radius 2 is 2.16 bits per heavy atom. The SMILES string of the molecule is CC1CC(CN)CN1CC(=O)Nc1ccc(Cl)cc1. The molecule has 0 bridgehead atoms. The van der Waals surface area contributed by atoms with Crippen molar-refractivity contribution in [1.29, 1.82) is 0 Å². The van der Waals surface area contributed by atoms with Crippen molar-refractivity contribution in [3.63, 3.8) is 0 Å². The van der Waals surface area contributed by atoms with Crippen molar-refractivity contribution in [2.75, 3.05) is 25.0 Å². The van der Waals surface area contributed by atoms with E-state index in [2.05, 4.69) is 17.1 Å². The molecule has 0 radical (unpaired) electrons. The van der Waals surface area contributed by atoms with Gasteiger partial charge in [0.1, 0.15) is 0 Å². The predicted octanol–water partition coefficient (Wildman–Crippen LogP) is 1.95. The van der Waals surface area contributed by atoms with E-state index in [0.29, 0.717) is 30.1 Å². The second kappa shape index (κ2) is 6.37. The van der Waals surface area contributed by atoms with Gasteiger partial charge >= 0.3 is 0 Å². The quantitative estimate of drug-likeness (QED) is 0.887. The molecule has 3 N–H and O–H groups in total. The highest BCUT2D eigenvalue weighted by atomic mass is 35.5. The minimum absolute atomic E-state index is 0.00634. The van der Waals surface area contributed by atoms with Gasteiger partial charge in [-0.1, -0.05) is 11.6 Å². The van der Waals surface area contributed by atoms with Gasteiger partial charge < -0.3 is 11.1 Å². The van der Waals surface area contributed by atoms with Gasteiger partial charge in [-0.3, -0.25) is 9.69 Å². The first-order valence-corrected chi connectivity index (χ1v) is 6.96. The van der Waals surface area contributed by atoms with E-state index in [9.17, 15) is 4.79 Å². The number of nitrogens with zero attached hydrogens (tertiary/aromatic N) is 1. The molecule has 1 fully saturated rings. The fraction of sp³-hybridized carbons (Fsp3) is 0.500. The van der Waals surface area contributed by atoms with E-state index in [4.69, 9.17) is 17.3 Å². The number of carbonyl (C=O) groups excluding carboxylic acids is 1. The number of likely N-dealkylation sites (tertiary alicyclic amines) is 1. The Labute approximate surface area is 118 Å². The van der Waals surface area contributed by atoms with Crippen molar-refractivity contribution < 1.29 is 4.79 Å². The zero-order valence-corrected chi connectivity index (χ0v) is 11.9. The normalized spacial score (nSPS) is 23.5. The van der Waals surface area contributed by atoms with E-state index in [-0.39, 0.29) is 5.91 Å². The molecule has 0 aromatic heterocycles. The van der Waals surface area contributed by atoms with Gasteiger partial charge in [0.25, 0.3) is 0 Å². The highest BCUT2D eigenvalue weighted by molar-refractivity contribution is 6.30. The van der Waals surface area contributed by atoms with Crippen LogP contribution in [0.25, 0.3) is 0 Å². The Bertz CT molecular complexity index is 435. The molecule has 5 heteroatoms. The topological polar surface area (TPSA) is 58.4 Å².